The predicted molar refractivity (Wildman–Crippen MR) is 135 cm³/mol. The lowest BCUT2D eigenvalue weighted by Crippen LogP contribution is -2.43. The van der Waals surface area contributed by atoms with E-state index in [2.05, 4.69) is 15.5 Å². The van der Waals surface area contributed by atoms with E-state index in [4.69, 9.17) is 10.5 Å². The van der Waals surface area contributed by atoms with Crippen molar-refractivity contribution < 1.29 is 22.7 Å². The predicted octanol–water partition coefficient (Wildman–Crippen LogP) is 2.95. The Labute approximate surface area is 208 Å². The van der Waals surface area contributed by atoms with E-state index >= 15 is 0 Å². The molecule has 0 spiro atoms. The van der Waals surface area contributed by atoms with Crippen LogP contribution in [-0.4, -0.2) is 55.8 Å². The van der Waals surface area contributed by atoms with Crippen LogP contribution in [0.1, 0.15) is 15.9 Å². The summed E-state index contributed by atoms with van der Waals surface area (Å²) in [5.74, 6) is 0.0624. The third-order valence-electron chi connectivity index (χ3n) is 5.96. The molecule has 11 heteroatoms. The second kappa shape index (κ2) is 9.51. The monoisotopic (exact) mass is 507 g/mol. The number of rotatable bonds is 8. The Hall–Kier alpha value is -4.09. The van der Waals surface area contributed by atoms with Crippen molar-refractivity contribution in [2.75, 3.05) is 42.6 Å². The number of ether oxygens (including phenoxy) is 1. The first-order valence-corrected chi connectivity index (χ1v) is 12.8. The fourth-order valence-electron chi connectivity index (χ4n) is 3.79. The number of nitrogens with one attached hydrogen (secondary N) is 2. The summed E-state index contributed by atoms with van der Waals surface area (Å²) in [6, 6.07) is 17.1. The number of sulfonamides is 1. The molecule has 0 bridgehead atoms. The molecule has 5 rings (SSSR count). The van der Waals surface area contributed by atoms with E-state index < -0.39 is 16.1 Å². The van der Waals surface area contributed by atoms with Gasteiger partial charge in [0.05, 0.1) is 23.6 Å². The molecular formula is C25H25N5O5S. The minimum absolute atomic E-state index is 0.0252. The Morgan fingerprint density at radius 3 is 2.53 bits per heavy atom. The normalized spacial score (nSPS) is 16.1. The molecular weight excluding hydrogens is 482 g/mol. The summed E-state index contributed by atoms with van der Waals surface area (Å²) >= 11 is 0. The Morgan fingerprint density at radius 2 is 1.81 bits per heavy atom. The van der Waals surface area contributed by atoms with E-state index in [1.807, 2.05) is 0 Å². The molecule has 4 N–H and O–H groups in total. The number of urea groups is 1. The topological polar surface area (TPSA) is 134 Å². The molecule has 3 aromatic carbocycles. The number of hydrogen-bond acceptors (Lipinski definition) is 7. The maximum absolute atomic E-state index is 13.3. The maximum Gasteiger partial charge on any atom is 0.336 e. The molecule has 0 atom stereocenters. The number of carbonyl (C=O) groups is 2. The van der Waals surface area contributed by atoms with Crippen LogP contribution in [0, 0.1) is 0 Å². The van der Waals surface area contributed by atoms with Gasteiger partial charge in [-0.05, 0) is 42.0 Å². The molecule has 0 unspecified atom stereocenters. The maximum atomic E-state index is 13.3. The molecule has 36 heavy (non-hydrogen) atoms. The van der Waals surface area contributed by atoms with Crippen LogP contribution in [0.4, 0.5) is 21.9 Å². The van der Waals surface area contributed by atoms with Crippen LogP contribution in [0.15, 0.2) is 71.6 Å². The molecule has 186 valence electrons. The number of hydrogen-bond donors (Lipinski definition) is 3. The van der Waals surface area contributed by atoms with Crippen molar-refractivity contribution in [3.05, 3.63) is 77.9 Å². The molecule has 0 aromatic heterocycles. The molecule has 2 heterocycles. The fraction of sp³-hybridized carbons (Fsp3) is 0.200. The molecule has 1 fully saturated rings. The number of nitrogens with two attached hydrogens (primary N) is 1. The minimum Gasteiger partial charge on any atom is -0.492 e. The second-order valence-electron chi connectivity index (χ2n) is 8.53. The number of nitrogen functional groups attached to an aromatic ring is 1. The molecule has 0 aliphatic carbocycles. The molecule has 0 radical (unpaired) electrons. The van der Waals surface area contributed by atoms with Gasteiger partial charge in [-0.1, -0.05) is 24.3 Å². The van der Waals surface area contributed by atoms with Crippen LogP contribution in [0.2, 0.25) is 0 Å². The van der Waals surface area contributed by atoms with Crippen molar-refractivity contribution in [3.8, 4) is 5.75 Å². The lowest BCUT2D eigenvalue weighted by Gasteiger charge is -2.29. The number of nitrogens with zero attached hydrogens (tertiary/aromatic N) is 2. The summed E-state index contributed by atoms with van der Waals surface area (Å²) in [5.41, 5.74) is 7.92. The Bertz CT molecular complexity index is 1420. The minimum atomic E-state index is -4.12. The van der Waals surface area contributed by atoms with Gasteiger partial charge in [-0.15, -0.1) is 0 Å². The fourth-order valence-corrected chi connectivity index (χ4v) is 5.27. The second-order valence-corrected chi connectivity index (χ2v) is 10.4. The molecule has 3 aromatic rings. The quantitative estimate of drug-likeness (QED) is 0.315. The highest BCUT2D eigenvalue weighted by atomic mass is 32.2. The van der Waals surface area contributed by atoms with E-state index in [1.165, 1.54) is 12.1 Å². The van der Waals surface area contributed by atoms with Crippen LogP contribution < -0.4 is 21.1 Å². The van der Waals surface area contributed by atoms with Crippen molar-refractivity contribution in [1.82, 2.24) is 9.21 Å². The summed E-state index contributed by atoms with van der Waals surface area (Å²) in [6.07, 6.45) is 0. The Kier molecular flexibility index (Phi) is 6.25. The number of benzene rings is 3. The summed E-state index contributed by atoms with van der Waals surface area (Å²) < 4.78 is 33.1. The van der Waals surface area contributed by atoms with E-state index in [0.717, 1.165) is 23.9 Å². The van der Waals surface area contributed by atoms with Crippen molar-refractivity contribution in [2.45, 2.75) is 11.4 Å². The van der Waals surface area contributed by atoms with E-state index in [9.17, 15) is 18.0 Å². The SMILES string of the molecule is Nc1ccccc1NC(=O)c1ccc(CN2C(=O)Nc3ccc(OCCN4CC4)cc3S2(=O)=O)cc1. The zero-order chi connectivity index (χ0) is 25.3. The number of para-hydroxylation sites is 2. The van der Waals surface area contributed by atoms with Crippen molar-refractivity contribution >= 4 is 39.0 Å². The average molecular weight is 508 g/mol. The largest absolute Gasteiger partial charge is 0.492 e. The molecule has 2 aliphatic heterocycles. The van der Waals surface area contributed by atoms with Crippen LogP contribution >= 0.6 is 0 Å². The highest BCUT2D eigenvalue weighted by molar-refractivity contribution is 7.90. The summed E-state index contributed by atoms with van der Waals surface area (Å²) in [4.78, 5) is 27.4. The Morgan fingerprint density at radius 1 is 1.06 bits per heavy atom. The van der Waals surface area contributed by atoms with Gasteiger partial charge in [0, 0.05) is 31.3 Å². The highest BCUT2D eigenvalue weighted by Gasteiger charge is 2.37. The number of fused-ring (bicyclic) bond motifs is 1. The van der Waals surface area contributed by atoms with Crippen molar-refractivity contribution in [3.63, 3.8) is 0 Å². The number of carbonyl (C=O) groups excluding carboxylic acids is 2. The molecule has 3 amide bonds. The van der Waals surface area contributed by atoms with Crippen LogP contribution in [0.3, 0.4) is 0 Å². The first kappa shape index (κ1) is 23.6. The van der Waals surface area contributed by atoms with Crippen molar-refractivity contribution in [1.29, 1.82) is 0 Å². The van der Waals surface area contributed by atoms with E-state index in [1.54, 1.807) is 54.6 Å². The van der Waals surface area contributed by atoms with Gasteiger partial charge >= 0.3 is 6.03 Å². The third-order valence-corrected chi connectivity index (χ3v) is 7.73. The van der Waals surface area contributed by atoms with Crippen LogP contribution in [0.25, 0.3) is 0 Å². The van der Waals surface area contributed by atoms with Gasteiger partial charge in [0.1, 0.15) is 17.3 Å². The molecule has 10 nitrogen and oxygen atoms in total. The van der Waals surface area contributed by atoms with Gasteiger partial charge in [-0.25, -0.2) is 17.5 Å². The third kappa shape index (κ3) is 4.97. The molecule has 2 aliphatic rings. The van der Waals surface area contributed by atoms with E-state index in [-0.39, 0.29) is 23.0 Å². The van der Waals surface area contributed by atoms with Crippen LogP contribution in [0.5, 0.6) is 5.75 Å². The standard InChI is InChI=1S/C25H25N5O5S/c26-20-3-1-2-4-21(20)27-24(31)18-7-5-17(6-8-18)16-30-25(32)28-22-10-9-19(15-23(22)36(30,33)34)35-14-13-29-11-12-29/h1-10,15H,11-14,16,26H2,(H,27,31)(H,28,32). The lowest BCUT2D eigenvalue weighted by atomic mass is 10.1. The first-order chi connectivity index (χ1) is 17.3. The van der Waals surface area contributed by atoms with Gasteiger partial charge in [0.2, 0.25) is 0 Å². The summed E-state index contributed by atoms with van der Waals surface area (Å²) in [5, 5.41) is 5.37. The number of amides is 3. The highest BCUT2D eigenvalue weighted by Crippen LogP contribution is 2.34. The van der Waals surface area contributed by atoms with Gasteiger partial charge in [-0.2, -0.15) is 0 Å². The zero-order valence-corrected chi connectivity index (χ0v) is 20.1. The van der Waals surface area contributed by atoms with Gasteiger partial charge < -0.3 is 21.1 Å². The first-order valence-electron chi connectivity index (χ1n) is 11.4. The Balaban J connectivity index is 1.29. The average Bonchev–Trinajstić information content (AvgIpc) is 3.68. The molecule has 0 saturated carbocycles. The summed E-state index contributed by atoms with van der Waals surface area (Å²) in [6.45, 7) is 3.14. The number of anilines is 3. The van der Waals surface area contributed by atoms with Gasteiger partial charge in [0.25, 0.3) is 15.9 Å². The lowest BCUT2D eigenvalue weighted by molar-refractivity contribution is 0.102. The zero-order valence-electron chi connectivity index (χ0n) is 19.3. The van der Waals surface area contributed by atoms with E-state index in [0.29, 0.717) is 34.9 Å². The summed E-state index contributed by atoms with van der Waals surface area (Å²) in [7, 11) is -4.12. The van der Waals surface area contributed by atoms with Crippen molar-refractivity contribution in [2.24, 2.45) is 0 Å². The molecule has 1 saturated heterocycles. The van der Waals surface area contributed by atoms with Crippen LogP contribution in [-0.2, 0) is 16.6 Å². The smallest absolute Gasteiger partial charge is 0.336 e. The van der Waals surface area contributed by atoms with Gasteiger partial charge in [-0.3, -0.25) is 9.69 Å². The van der Waals surface area contributed by atoms with Gasteiger partial charge in [0.15, 0.2) is 0 Å².